The van der Waals surface area contributed by atoms with Crippen LogP contribution in [0.2, 0.25) is 0 Å². The van der Waals surface area contributed by atoms with Crippen molar-refractivity contribution >= 4 is 33.0 Å². The first-order valence-corrected chi connectivity index (χ1v) is 8.06. The Labute approximate surface area is 127 Å². The molecule has 4 heteroatoms. The summed E-state index contributed by atoms with van der Waals surface area (Å²) in [6.07, 6.45) is 0. The van der Waals surface area contributed by atoms with Crippen LogP contribution >= 0.6 is 27.3 Å². The van der Waals surface area contributed by atoms with Gasteiger partial charge in [0, 0.05) is 21.9 Å². The molecule has 0 fully saturated rings. The molecule has 0 aliphatic rings. The van der Waals surface area contributed by atoms with Crippen LogP contribution in [0.3, 0.4) is 0 Å². The number of hydrogen-bond donors (Lipinski definition) is 1. The first kappa shape index (κ1) is 14.6. The second-order valence-corrected chi connectivity index (χ2v) is 6.68. The molecule has 0 saturated heterocycles. The molecule has 0 aliphatic heterocycles. The largest absolute Gasteiger partial charge is 0.363 e. The fourth-order valence-electron chi connectivity index (χ4n) is 2.03. The molecule has 102 valence electrons. The van der Waals surface area contributed by atoms with E-state index in [9.17, 15) is 0 Å². The fraction of sp³-hybridized carbons (Fsp3) is 0.333. The van der Waals surface area contributed by atoms with Gasteiger partial charge in [-0.1, -0.05) is 12.1 Å². The van der Waals surface area contributed by atoms with Gasteiger partial charge in [0.15, 0.2) is 0 Å². The van der Waals surface area contributed by atoms with Crippen LogP contribution in [0.4, 0.5) is 5.69 Å². The molecule has 2 nitrogen and oxygen atoms in total. The normalized spacial score (nSPS) is 11.0. The summed E-state index contributed by atoms with van der Waals surface area (Å²) in [7, 11) is 0. The maximum atomic E-state index is 5.68. The van der Waals surface area contributed by atoms with Crippen LogP contribution in [0.15, 0.2) is 40.2 Å². The Morgan fingerprint density at radius 3 is 2.63 bits per heavy atom. The maximum Gasteiger partial charge on any atom is 0.0526 e. The number of anilines is 1. The lowest BCUT2D eigenvalue weighted by molar-refractivity contribution is 0.685. The average Bonchev–Trinajstić information content (AvgIpc) is 2.89. The topological polar surface area (TPSA) is 29.3 Å². The van der Waals surface area contributed by atoms with E-state index in [2.05, 4.69) is 70.4 Å². The van der Waals surface area contributed by atoms with E-state index in [0.29, 0.717) is 12.6 Å². The van der Waals surface area contributed by atoms with E-state index >= 15 is 0 Å². The first-order valence-electron chi connectivity index (χ1n) is 6.39. The van der Waals surface area contributed by atoms with Crippen molar-refractivity contribution in [3.05, 3.63) is 50.6 Å². The van der Waals surface area contributed by atoms with E-state index in [-0.39, 0.29) is 0 Å². The molecular formula is C15H19BrN2S. The van der Waals surface area contributed by atoms with Crippen molar-refractivity contribution in [2.45, 2.75) is 33.0 Å². The summed E-state index contributed by atoms with van der Waals surface area (Å²) in [4.78, 5) is 3.78. The van der Waals surface area contributed by atoms with E-state index in [1.54, 1.807) is 11.3 Å². The fourth-order valence-corrected chi connectivity index (χ4v) is 3.38. The van der Waals surface area contributed by atoms with E-state index < -0.39 is 0 Å². The number of nitrogens with zero attached hydrogens (tertiary/aromatic N) is 1. The second kappa shape index (κ2) is 6.55. The average molecular weight is 339 g/mol. The molecule has 0 atom stereocenters. The maximum absolute atomic E-state index is 5.68. The van der Waals surface area contributed by atoms with Crippen molar-refractivity contribution in [3.8, 4) is 0 Å². The van der Waals surface area contributed by atoms with Gasteiger partial charge in [-0.2, -0.15) is 0 Å². The second-order valence-electron chi connectivity index (χ2n) is 4.79. The van der Waals surface area contributed by atoms with Crippen LogP contribution in [0.5, 0.6) is 0 Å². The summed E-state index contributed by atoms with van der Waals surface area (Å²) in [5.74, 6) is 0. The third-order valence-corrected chi connectivity index (χ3v) is 4.58. The minimum atomic E-state index is 0.446. The zero-order chi connectivity index (χ0) is 13.8. The van der Waals surface area contributed by atoms with Crippen LogP contribution in [0, 0.1) is 0 Å². The highest BCUT2D eigenvalue weighted by Crippen LogP contribution is 2.30. The van der Waals surface area contributed by atoms with Gasteiger partial charge < -0.3 is 10.6 Å². The number of halogens is 1. The summed E-state index contributed by atoms with van der Waals surface area (Å²) < 4.78 is 1.11. The van der Waals surface area contributed by atoms with E-state index in [4.69, 9.17) is 5.73 Å². The minimum Gasteiger partial charge on any atom is -0.363 e. The van der Waals surface area contributed by atoms with Gasteiger partial charge in [-0.25, -0.2) is 0 Å². The van der Waals surface area contributed by atoms with Crippen molar-refractivity contribution in [2.24, 2.45) is 5.73 Å². The van der Waals surface area contributed by atoms with E-state index in [1.165, 1.54) is 10.6 Å². The predicted octanol–water partition coefficient (Wildman–Crippen LogP) is 4.38. The molecule has 2 aromatic rings. The monoisotopic (exact) mass is 338 g/mol. The van der Waals surface area contributed by atoms with Crippen LogP contribution in [-0.2, 0) is 13.1 Å². The molecular weight excluding hydrogens is 320 g/mol. The number of thiophene rings is 1. The Kier molecular flexibility index (Phi) is 5.02. The third-order valence-electron chi connectivity index (χ3n) is 3.09. The molecule has 0 amide bonds. The molecule has 1 aromatic heterocycles. The molecule has 0 saturated carbocycles. The number of nitrogens with two attached hydrogens (primary N) is 1. The summed E-state index contributed by atoms with van der Waals surface area (Å²) in [5, 5.41) is 2.13. The summed E-state index contributed by atoms with van der Waals surface area (Å²) in [6.45, 7) is 5.95. The van der Waals surface area contributed by atoms with Crippen LogP contribution in [-0.4, -0.2) is 6.04 Å². The lowest BCUT2D eigenvalue weighted by Crippen LogP contribution is -2.30. The van der Waals surface area contributed by atoms with Crippen molar-refractivity contribution in [3.63, 3.8) is 0 Å². The smallest absolute Gasteiger partial charge is 0.0526 e. The van der Waals surface area contributed by atoms with Crippen LogP contribution in [0.25, 0.3) is 0 Å². The Morgan fingerprint density at radius 1 is 1.32 bits per heavy atom. The minimum absolute atomic E-state index is 0.446. The van der Waals surface area contributed by atoms with Crippen molar-refractivity contribution in [1.29, 1.82) is 0 Å². The Bertz CT molecular complexity index is 523. The van der Waals surface area contributed by atoms with Crippen LogP contribution < -0.4 is 10.6 Å². The van der Waals surface area contributed by atoms with Crippen LogP contribution in [0.1, 0.15) is 24.3 Å². The van der Waals surface area contributed by atoms with Gasteiger partial charge in [-0.15, -0.1) is 11.3 Å². The van der Waals surface area contributed by atoms with Gasteiger partial charge in [-0.3, -0.25) is 0 Å². The Hall–Kier alpha value is -0.840. The number of benzene rings is 1. The lowest BCUT2D eigenvalue weighted by Gasteiger charge is -2.29. The molecule has 0 radical (unpaired) electrons. The molecule has 1 aromatic carbocycles. The van der Waals surface area contributed by atoms with Gasteiger partial charge in [0.2, 0.25) is 0 Å². The number of rotatable bonds is 5. The van der Waals surface area contributed by atoms with Gasteiger partial charge in [-0.05, 0) is 58.9 Å². The third kappa shape index (κ3) is 3.59. The van der Waals surface area contributed by atoms with Crippen molar-refractivity contribution < 1.29 is 0 Å². The molecule has 2 N–H and O–H groups in total. The van der Waals surface area contributed by atoms with Gasteiger partial charge in [0.25, 0.3) is 0 Å². The zero-order valence-electron chi connectivity index (χ0n) is 11.3. The summed E-state index contributed by atoms with van der Waals surface area (Å²) in [5.41, 5.74) is 8.05. The molecule has 0 aliphatic carbocycles. The standard InChI is InChI=1S/C15H19BrN2S/c1-11(2)18(10-13-4-3-7-19-13)15-6-5-12(9-17)8-14(15)16/h3-8,11H,9-10,17H2,1-2H3. The van der Waals surface area contributed by atoms with Gasteiger partial charge in [0.05, 0.1) is 12.2 Å². The van der Waals surface area contributed by atoms with E-state index in [1.807, 2.05) is 0 Å². The Balaban J connectivity index is 2.28. The zero-order valence-corrected chi connectivity index (χ0v) is 13.7. The SMILES string of the molecule is CC(C)N(Cc1cccs1)c1ccc(CN)cc1Br. The predicted molar refractivity (Wildman–Crippen MR) is 87.7 cm³/mol. The molecule has 1 heterocycles. The van der Waals surface area contributed by atoms with Gasteiger partial charge in [0.1, 0.15) is 0 Å². The summed E-state index contributed by atoms with van der Waals surface area (Å²) in [6, 6.07) is 11.1. The van der Waals surface area contributed by atoms with E-state index in [0.717, 1.165) is 16.6 Å². The lowest BCUT2D eigenvalue weighted by atomic mass is 10.1. The van der Waals surface area contributed by atoms with Crippen molar-refractivity contribution in [2.75, 3.05) is 4.90 Å². The van der Waals surface area contributed by atoms with Gasteiger partial charge >= 0.3 is 0 Å². The number of hydrogen-bond acceptors (Lipinski definition) is 3. The molecule has 19 heavy (non-hydrogen) atoms. The first-order chi connectivity index (χ1) is 9.11. The highest BCUT2D eigenvalue weighted by Gasteiger charge is 2.14. The molecule has 0 unspecified atom stereocenters. The molecule has 0 spiro atoms. The Morgan fingerprint density at radius 2 is 2.11 bits per heavy atom. The molecule has 2 rings (SSSR count). The van der Waals surface area contributed by atoms with Crippen molar-refractivity contribution in [1.82, 2.24) is 0 Å². The highest BCUT2D eigenvalue weighted by atomic mass is 79.9. The molecule has 0 bridgehead atoms. The quantitative estimate of drug-likeness (QED) is 0.876. The summed E-state index contributed by atoms with van der Waals surface area (Å²) >= 11 is 5.47. The highest BCUT2D eigenvalue weighted by molar-refractivity contribution is 9.10.